The van der Waals surface area contributed by atoms with E-state index in [1.807, 2.05) is 6.07 Å². The highest BCUT2D eigenvalue weighted by molar-refractivity contribution is 5.74. The predicted molar refractivity (Wildman–Crippen MR) is 89.8 cm³/mol. The molecule has 28 heavy (non-hydrogen) atoms. The molecule has 0 spiro atoms. The van der Waals surface area contributed by atoms with Crippen LogP contribution in [0.3, 0.4) is 0 Å². The molecule has 0 amide bonds. The van der Waals surface area contributed by atoms with Crippen molar-refractivity contribution in [3.63, 3.8) is 0 Å². The molecule has 0 bridgehead atoms. The molecule has 0 radical (unpaired) electrons. The van der Waals surface area contributed by atoms with Crippen molar-refractivity contribution in [2.24, 2.45) is 0 Å². The van der Waals surface area contributed by atoms with Gasteiger partial charge in [-0.1, -0.05) is 24.3 Å². The Morgan fingerprint density at radius 3 is 1.82 bits per heavy atom. The van der Waals surface area contributed by atoms with Crippen molar-refractivity contribution >= 4 is 0 Å². The number of halogens is 6. The molecule has 1 heterocycles. The van der Waals surface area contributed by atoms with E-state index in [2.05, 4.69) is 4.98 Å². The van der Waals surface area contributed by atoms with Crippen molar-refractivity contribution in [3.8, 4) is 28.5 Å². The van der Waals surface area contributed by atoms with Gasteiger partial charge in [0.25, 0.3) is 0 Å². The van der Waals surface area contributed by atoms with Crippen LogP contribution in [0.15, 0.2) is 60.8 Å². The summed E-state index contributed by atoms with van der Waals surface area (Å²) in [6.45, 7) is 0. The fourth-order valence-corrected chi connectivity index (χ4v) is 2.65. The van der Waals surface area contributed by atoms with Gasteiger partial charge >= 0.3 is 12.4 Å². The molecule has 3 rings (SSSR count). The molecule has 0 saturated heterocycles. The maximum atomic E-state index is 12.9. The first kappa shape index (κ1) is 19.4. The smallest absolute Gasteiger partial charge is 0.256 e. The lowest BCUT2D eigenvalue weighted by Gasteiger charge is -2.11. The average molecular weight is 392 g/mol. The summed E-state index contributed by atoms with van der Waals surface area (Å²) in [7, 11) is 0. The molecule has 1 aromatic heterocycles. The fraction of sp³-hybridized carbons (Fsp3) is 0.100. The van der Waals surface area contributed by atoms with Crippen LogP contribution in [0.5, 0.6) is 0 Å². The summed E-state index contributed by atoms with van der Waals surface area (Å²) < 4.78 is 77.4. The molecule has 0 atom stereocenters. The molecule has 0 saturated carbocycles. The zero-order chi connectivity index (χ0) is 20.5. The molecule has 0 fully saturated rings. The van der Waals surface area contributed by atoms with Crippen LogP contribution in [0.2, 0.25) is 0 Å². The van der Waals surface area contributed by atoms with Crippen LogP contribution < -0.4 is 0 Å². The van der Waals surface area contributed by atoms with Crippen molar-refractivity contribution in [2.75, 3.05) is 0 Å². The average Bonchev–Trinajstić information content (AvgIpc) is 2.66. The molecule has 142 valence electrons. The maximum Gasteiger partial charge on any atom is 0.416 e. The summed E-state index contributed by atoms with van der Waals surface area (Å²) in [5.74, 6) is 0. The largest absolute Gasteiger partial charge is 0.416 e. The number of benzene rings is 2. The van der Waals surface area contributed by atoms with Crippen LogP contribution in [0, 0.1) is 11.3 Å². The van der Waals surface area contributed by atoms with Crippen LogP contribution in [-0.2, 0) is 12.4 Å². The van der Waals surface area contributed by atoms with E-state index < -0.39 is 23.5 Å². The van der Waals surface area contributed by atoms with Gasteiger partial charge in [-0.25, -0.2) is 0 Å². The number of nitriles is 1. The van der Waals surface area contributed by atoms with Gasteiger partial charge in [-0.05, 0) is 35.9 Å². The predicted octanol–water partition coefficient (Wildman–Crippen LogP) is 6.32. The zero-order valence-corrected chi connectivity index (χ0v) is 13.9. The van der Waals surface area contributed by atoms with E-state index in [1.54, 1.807) is 0 Å². The Morgan fingerprint density at radius 2 is 1.29 bits per heavy atom. The summed E-state index contributed by atoms with van der Waals surface area (Å²) >= 11 is 0. The lowest BCUT2D eigenvalue weighted by molar-refractivity contribution is -0.138. The van der Waals surface area contributed by atoms with Gasteiger partial charge in [0.2, 0.25) is 0 Å². The van der Waals surface area contributed by atoms with Gasteiger partial charge < -0.3 is 0 Å². The van der Waals surface area contributed by atoms with Crippen LogP contribution in [-0.4, -0.2) is 4.98 Å². The summed E-state index contributed by atoms with van der Waals surface area (Å²) in [5, 5.41) is 9.38. The quantitative estimate of drug-likeness (QED) is 0.478. The summed E-state index contributed by atoms with van der Waals surface area (Å²) in [6, 6.07) is 11.9. The molecule has 0 aliphatic rings. The fourth-order valence-electron chi connectivity index (χ4n) is 2.65. The third kappa shape index (κ3) is 3.98. The normalized spacial score (nSPS) is 11.9. The third-order valence-corrected chi connectivity index (χ3v) is 4.01. The molecule has 0 N–H and O–H groups in total. The van der Waals surface area contributed by atoms with Crippen molar-refractivity contribution < 1.29 is 26.3 Å². The number of hydrogen-bond acceptors (Lipinski definition) is 2. The van der Waals surface area contributed by atoms with Gasteiger partial charge in [-0.2, -0.15) is 31.6 Å². The minimum absolute atomic E-state index is 0.00161. The summed E-state index contributed by atoms with van der Waals surface area (Å²) in [5.41, 5.74) is -1.20. The molecular formula is C20H10F6N2. The van der Waals surface area contributed by atoms with E-state index in [0.717, 1.165) is 24.3 Å². The van der Waals surface area contributed by atoms with E-state index in [-0.39, 0.29) is 27.9 Å². The van der Waals surface area contributed by atoms with Crippen LogP contribution in [0.1, 0.15) is 16.7 Å². The Labute approximate surface area is 155 Å². The molecule has 8 heteroatoms. The first-order chi connectivity index (χ1) is 13.1. The Balaban J connectivity index is 2.07. The Hall–Kier alpha value is -3.34. The van der Waals surface area contributed by atoms with Crippen LogP contribution >= 0.6 is 0 Å². The third-order valence-electron chi connectivity index (χ3n) is 4.01. The minimum Gasteiger partial charge on any atom is -0.256 e. The zero-order valence-electron chi connectivity index (χ0n) is 13.9. The van der Waals surface area contributed by atoms with Gasteiger partial charge in [0.05, 0.1) is 28.5 Å². The van der Waals surface area contributed by atoms with E-state index in [1.165, 1.54) is 36.5 Å². The van der Waals surface area contributed by atoms with E-state index >= 15 is 0 Å². The number of hydrogen-bond donors (Lipinski definition) is 0. The van der Waals surface area contributed by atoms with Gasteiger partial charge in [-0.3, -0.25) is 4.98 Å². The van der Waals surface area contributed by atoms with Crippen LogP contribution in [0.25, 0.3) is 22.4 Å². The SMILES string of the molecule is N#Cc1cc(-c2cccc(C(F)(F)F)c2)ncc1-c1cccc(C(F)(F)F)c1. The molecule has 3 aromatic rings. The minimum atomic E-state index is -4.55. The van der Waals surface area contributed by atoms with Crippen molar-refractivity contribution in [2.45, 2.75) is 12.4 Å². The van der Waals surface area contributed by atoms with Crippen molar-refractivity contribution in [3.05, 3.63) is 77.5 Å². The van der Waals surface area contributed by atoms with Gasteiger partial charge in [0.1, 0.15) is 0 Å². The lowest BCUT2D eigenvalue weighted by Crippen LogP contribution is -2.05. The highest BCUT2D eigenvalue weighted by Gasteiger charge is 2.31. The second kappa shape index (κ2) is 7.00. The molecule has 2 aromatic carbocycles. The number of rotatable bonds is 2. The second-order valence-electron chi connectivity index (χ2n) is 5.88. The standard InChI is InChI=1S/C20H10F6N2/c21-19(22,23)15-5-1-3-12(7-15)17-11-28-18(9-14(17)10-27)13-4-2-6-16(8-13)20(24,25)26/h1-9,11H. The molecule has 0 unspecified atom stereocenters. The number of aromatic nitrogens is 1. The van der Waals surface area contributed by atoms with Crippen LogP contribution in [0.4, 0.5) is 26.3 Å². The summed E-state index contributed by atoms with van der Waals surface area (Å²) in [6.07, 6.45) is -7.90. The topological polar surface area (TPSA) is 36.7 Å². The van der Waals surface area contributed by atoms with E-state index in [9.17, 15) is 31.6 Å². The first-order valence-electron chi connectivity index (χ1n) is 7.85. The van der Waals surface area contributed by atoms with Gasteiger partial charge in [0, 0.05) is 17.3 Å². The highest BCUT2D eigenvalue weighted by atomic mass is 19.4. The maximum absolute atomic E-state index is 12.9. The number of nitrogens with zero attached hydrogens (tertiary/aromatic N) is 2. The Morgan fingerprint density at radius 1 is 0.750 bits per heavy atom. The molecular weight excluding hydrogens is 382 g/mol. The lowest BCUT2D eigenvalue weighted by atomic mass is 9.98. The van der Waals surface area contributed by atoms with E-state index in [4.69, 9.17) is 0 Å². The monoisotopic (exact) mass is 392 g/mol. The molecule has 0 aliphatic carbocycles. The van der Waals surface area contributed by atoms with Crippen molar-refractivity contribution in [1.82, 2.24) is 4.98 Å². The van der Waals surface area contributed by atoms with Crippen molar-refractivity contribution in [1.29, 1.82) is 5.26 Å². The second-order valence-corrected chi connectivity index (χ2v) is 5.88. The van der Waals surface area contributed by atoms with Gasteiger partial charge in [0.15, 0.2) is 0 Å². The molecule has 2 nitrogen and oxygen atoms in total. The first-order valence-corrected chi connectivity index (χ1v) is 7.85. The van der Waals surface area contributed by atoms with Gasteiger partial charge in [-0.15, -0.1) is 0 Å². The number of pyridine rings is 1. The summed E-state index contributed by atoms with van der Waals surface area (Å²) in [4.78, 5) is 4.05. The number of alkyl halides is 6. The molecule has 0 aliphatic heterocycles. The highest BCUT2D eigenvalue weighted by Crippen LogP contribution is 2.35. The Bertz CT molecular complexity index is 1060. The Kier molecular flexibility index (Phi) is 4.86. The van der Waals surface area contributed by atoms with E-state index in [0.29, 0.717) is 0 Å².